The van der Waals surface area contributed by atoms with Crippen LogP contribution in [0.3, 0.4) is 0 Å². The Hall–Kier alpha value is -1.88. The molecule has 176 valence electrons. The molecule has 3 rings (SSSR count). The number of nitrogens with one attached hydrogen (secondary N) is 2. The summed E-state index contributed by atoms with van der Waals surface area (Å²) in [5.74, 6) is 0.100. The summed E-state index contributed by atoms with van der Waals surface area (Å²) in [6, 6.07) is 6.64. The van der Waals surface area contributed by atoms with Gasteiger partial charge in [-0.1, -0.05) is 20.8 Å². The lowest BCUT2D eigenvalue weighted by Gasteiger charge is -2.43. The van der Waals surface area contributed by atoms with Gasteiger partial charge in [-0.2, -0.15) is 0 Å². The maximum atomic E-state index is 13.4. The van der Waals surface area contributed by atoms with E-state index in [1.54, 1.807) is 0 Å². The molecule has 8 nitrogen and oxygen atoms in total. The molecule has 2 N–H and O–H groups in total. The fourth-order valence-corrected chi connectivity index (χ4v) is 4.61. The molecular formula is C23H34IN5O3. The summed E-state index contributed by atoms with van der Waals surface area (Å²) in [7, 11) is 1.96. The Morgan fingerprint density at radius 2 is 1.69 bits per heavy atom. The smallest absolute Gasteiger partial charge is 0.319 e. The molecule has 0 radical (unpaired) electrons. The number of likely N-dealkylation sites (tertiary alicyclic amines) is 1. The molecule has 1 aromatic carbocycles. The largest absolute Gasteiger partial charge is 0.341 e. The Bertz CT molecular complexity index is 831. The second-order valence-electron chi connectivity index (χ2n) is 9.79. The van der Waals surface area contributed by atoms with Crippen molar-refractivity contribution in [1.29, 1.82) is 0 Å². The van der Waals surface area contributed by atoms with Gasteiger partial charge in [0.25, 0.3) is 0 Å². The van der Waals surface area contributed by atoms with Gasteiger partial charge in [-0.05, 0) is 72.2 Å². The Kier molecular flexibility index (Phi) is 8.02. The molecule has 0 spiro atoms. The minimum atomic E-state index is -0.645. The fourth-order valence-electron chi connectivity index (χ4n) is 4.25. The van der Waals surface area contributed by atoms with E-state index in [-0.39, 0.29) is 17.9 Å². The van der Waals surface area contributed by atoms with E-state index in [0.717, 1.165) is 29.5 Å². The molecule has 1 atom stereocenters. The number of nitrogens with zero attached hydrogens (tertiary/aromatic N) is 3. The number of urea groups is 1. The van der Waals surface area contributed by atoms with Crippen molar-refractivity contribution in [2.45, 2.75) is 45.7 Å². The van der Waals surface area contributed by atoms with Crippen LogP contribution in [0.2, 0.25) is 0 Å². The first-order valence-electron chi connectivity index (χ1n) is 11.1. The summed E-state index contributed by atoms with van der Waals surface area (Å²) in [6.07, 6.45) is 1.54. The highest BCUT2D eigenvalue weighted by Gasteiger charge is 2.38. The summed E-state index contributed by atoms with van der Waals surface area (Å²) < 4.78 is 1.08. The Labute approximate surface area is 204 Å². The Balaban J connectivity index is 1.58. The SMILES string of the molecule is CN1CCN(C2CCN(C(=O)[C@H](NC(=O)Nc3ccc(I)cc3)C(C)(C)C)CC2)C(=O)C1. The van der Waals surface area contributed by atoms with Crippen LogP contribution in [0.4, 0.5) is 10.5 Å². The molecular weight excluding hydrogens is 521 g/mol. The summed E-state index contributed by atoms with van der Waals surface area (Å²) in [5.41, 5.74) is 0.241. The Morgan fingerprint density at radius 1 is 1.06 bits per heavy atom. The molecule has 2 saturated heterocycles. The fraction of sp³-hybridized carbons (Fsp3) is 0.609. The Morgan fingerprint density at radius 3 is 2.25 bits per heavy atom. The van der Waals surface area contributed by atoms with Crippen molar-refractivity contribution < 1.29 is 14.4 Å². The average Bonchev–Trinajstić information content (AvgIpc) is 2.73. The normalized spacial score (nSPS) is 19.6. The van der Waals surface area contributed by atoms with E-state index >= 15 is 0 Å². The van der Waals surface area contributed by atoms with E-state index < -0.39 is 17.5 Å². The number of rotatable bonds is 4. The number of anilines is 1. The molecule has 2 heterocycles. The van der Waals surface area contributed by atoms with Crippen LogP contribution in [0.1, 0.15) is 33.6 Å². The zero-order chi connectivity index (χ0) is 23.5. The lowest BCUT2D eigenvalue weighted by atomic mass is 9.85. The summed E-state index contributed by atoms with van der Waals surface area (Å²) >= 11 is 2.21. The van der Waals surface area contributed by atoms with Gasteiger partial charge in [0.1, 0.15) is 6.04 Å². The number of piperidine rings is 1. The number of piperazine rings is 1. The summed E-state index contributed by atoms with van der Waals surface area (Å²) in [6.45, 7) is 9.15. The molecule has 2 aliphatic rings. The van der Waals surface area contributed by atoms with Gasteiger partial charge in [-0.15, -0.1) is 0 Å². The van der Waals surface area contributed by atoms with E-state index in [1.165, 1.54) is 0 Å². The van der Waals surface area contributed by atoms with Crippen LogP contribution in [-0.4, -0.2) is 84.4 Å². The van der Waals surface area contributed by atoms with Gasteiger partial charge in [0.05, 0.1) is 6.54 Å². The number of carbonyl (C=O) groups excluding carboxylic acids is 3. The molecule has 0 bridgehead atoms. The van der Waals surface area contributed by atoms with Gasteiger partial charge in [0.15, 0.2) is 0 Å². The molecule has 1 aromatic rings. The van der Waals surface area contributed by atoms with Crippen molar-refractivity contribution in [3.8, 4) is 0 Å². The van der Waals surface area contributed by atoms with Crippen molar-refractivity contribution in [2.75, 3.05) is 45.1 Å². The number of likely N-dealkylation sites (N-methyl/N-ethyl adjacent to an activating group) is 1. The van der Waals surface area contributed by atoms with Crippen molar-refractivity contribution in [2.24, 2.45) is 5.41 Å². The predicted molar refractivity (Wildman–Crippen MR) is 133 cm³/mol. The lowest BCUT2D eigenvalue weighted by Crippen LogP contribution is -2.59. The van der Waals surface area contributed by atoms with Crippen LogP contribution in [0.5, 0.6) is 0 Å². The highest BCUT2D eigenvalue weighted by Crippen LogP contribution is 2.25. The molecule has 2 aliphatic heterocycles. The first-order chi connectivity index (χ1) is 15.0. The standard InChI is InChI=1S/C23H34IN5O3/c1-23(2,3)20(26-22(32)25-17-7-5-16(24)6-8-17)21(31)28-11-9-18(10-12-28)29-14-13-27(4)15-19(29)30/h5-8,18,20H,9-15H2,1-4H3,(H2,25,26,32)/t20-/m0/s1. The van der Waals surface area contributed by atoms with Crippen molar-refractivity contribution in [3.63, 3.8) is 0 Å². The van der Waals surface area contributed by atoms with E-state index in [9.17, 15) is 14.4 Å². The van der Waals surface area contributed by atoms with E-state index in [0.29, 0.717) is 25.3 Å². The molecule has 4 amide bonds. The predicted octanol–water partition coefficient (Wildman–Crippen LogP) is 2.59. The first kappa shape index (κ1) is 24.8. The van der Waals surface area contributed by atoms with Gasteiger partial charge >= 0.3 is 6.03 Å². The third kappa shape index (κ3) is 6.34. The zero-order valence-electron chi connectivity index (χ0n) is 19.4. The second-order valence-corrected chi connectivity index (χ2v) is 11.0. The highest BCUT2D eigenvalue weighted by molar-refractivity contribution is 14.1. The minimum absolute atomic E-state index is 0.0709. The summed E-state index contributed by atoms with van der Waals surface area (Å²) in [4.78, 5) is 44.2. The van der Waals surface area contributed by atoms with Crippen molar-refractivity contribution in [1.82, 2.24) is 20.0 Å². The summed E-state index contributed by atoms with van der Waals surface area (Å²) in [5, 5.41) is 5.71. The lowest BCUT2D eigenvalue weighted by molar-refractivity contribution is -0.141. The van der Waals surface area contributed by atoms with Crippen LogP contribution in [0, 0.1) is 8.99 Å². The van der Waals surface area contributed by atoms with E-state index in [2.05, 4.69) is 33.2 Å². The molecule has 0 unspecified atom stereocenters. The topological polar surface area (TPSA) is 85.0 Å². The van der Waals surface area contributed by atoms with Gasteiger partial charge in [-0.3, -0.25) is 14.5 Å². The third-order valence-corrected chi connectivity index (χ3v) is 6.87. The van der Waals surface area contributed by atoms with Crippen LogP contribution < -0.4 is 10.6 Å². The van der Waals surface area contributed by atoms with Gasteiger partial charge in [-0.25, -0.2) is 4.79 Å². The van der Waals surface area contributed by atoms with Gasteiger partial charge < -0.3 is 20.4 Å². The number of carbonyl (C=O) groups is 3. The number of benzene rings is 1. The van der Waals surface area contributed by atoms with Crippen molar-refractivity contribution >= 4 is 46.1 Å². The molecule has 0 aromatic heterocycles. The van der Waals surface area contributed by atoms with Gasteiger partial charge in [0, 0.05) is 41.5 Å². The maximum absolute atomic E-state index is 13.4. The first-order valence-corrected chi connectivity index (χ1v) is 12.2. The van der Waals surface area contributed by atoms with Crippen molar-refractivity contribution in [3.05, 3.63) is 27.8 Å². The molecule has 2 fully saturated rings. The number of hydrogen-bond donors (Lipinski definition) is 2. The monoisotopic (exact) mass is 555 g/mol. The number of amides is 4. The zero-order valence-corrected chi connectivity index (χ0v) is 21.5. The quantitative estimate of drug-likeness (QED) is 0.560. The number of halogens is 1. The minimum Gasteiger partial charge on any atom is -0.341 e. The van der Waals surface area contributed by atoms with E-state index in [1.807, 2.05) is 66.8 Å². The van der Waals surface area contributed by atoms with Gasteiger partial charge in [0.2, 0.25) is 11.8 Å². The molecule has 0 saturated carbocycles. The van der Waals surface area contributed by atoms with Crippen LogP contribution in [0.15, 0.2) is 24.3 Å². The molecule has 0 aliphatic carbocycles. The van der Waals surface area contributed by atoms with Crippen LogP contribution in [0.25, 0.3) is 0 Å². The second kappa shape index (κ2) is 10.4. The van der Waals surface area contributed by atoms with Crippen LogP contribution in [-0.2, 0) is 9.59 Å². The molecule has 9 heteroatoms. The third-order valence-electron chi connectivity index (χ3n) is 6.16. The van der Waals surface area contributed by atoms with Crippen LogP contribution >= 0.6 is 22.6 Å². The molecule has 32 heavy (non-hydrogen) atoms. The highest BCUT2D eigenvalue weighted by atomic mass is 127. The maximum Gasteiger partial charge on any atom is 0.319 e. The van der Waals surface area contributed by atoms with E-state index in [4.69, 9.17) is 0 Å². The number of hydrogen-bond acceptors (Lipinski definition) is 4. The average molecular weight is 555 g/mol.